The Morgan fingerprint density at radius 3 is 2.95 bits per heavy atom. The molecule has 2 aromatic heterocycles. The summed E-state index contributed by atoms with van der Waals surface area (Å²) < 4.78 is 0. The monoisotopic (exact) mass is 310 g/mol. The summed E-state index contributed by atoms with van der Waals surface area (Å²) in [7, 11) is 0. The predicted molar refractivity (Wildman–Crippen MR) is 84.3 cm³/mol. The molecule has 0 atom stereocenters. The first-order valence-corrected chi connectivity index (χ1v) is 8.42. The van der Waals surface area contributed by atoms with Crippen LogP contribution in [-0.4, -0.2) is 26.8 Å². The van der Waals surface area contributed by atoms with Gasteiger partial charge in [0.05, 0.1) is 16.5 Å². The highest BCUT2D eigenvalue weighted by Crippen LogP contribution is 2.17. The number of thioether (sulfide) groups is 1. The van der Waals surface area contributed by atoms with Crippen molar-refractivity contribution in [3.05, 3.63) is 27.8 Å². The van der Waals surface area contributed by atoms with Crippen molar-refractivity contribution in [2.75, 3.05) is 11.1 Å². The lowest BCUT2D eigenvalue weighted by Crippen LogP contribution is -2.14. The summed E-state index contributed by atoms with van der Waals surface area (Å²) in [6.07, 6.45) is 0. The number of aromatic amines is 1. The van der Waals surface area contributed by atoms with E-state index in [2.05, 4.69) is 34.3 Å². The molecule has 1 amide bonds. The van der Waals surface area contributed by atoms with E-state index in [9.17, 15) is 4.79 Å². The lowest BCUT2D eigenvalue weighted by atomic mass is 10.1. The molecule has 0 fully saturated rings. The summed E-state index contributed by atoms with van der Waals surface area (Å²) in [5, 5.41) is 12.9. The Balaban J connectivity index is 1.74. The summed E-state index contributed by atoms with van der Waals surface area (Å²) in [5.41, 5.74) is 2.05. The van der Waals surface area contributed by atoms with Gasteiger partial charge in [-0.3, -0.25) is 9.89 Å². The molecular formula is C13H18N4OS2. The Morgan fingerprint density at radius 2 is 2.35 bits per heavy atom. The highest BCUT2D eigenvalue weighted by atomic mass is 32.2. The predicted octanol–water partition coefficient (Wildman–Crippen LogP) is 3.17. The van der Waals surface area contributed by atoms with Gasteiger partial charge in [-0.2, -0.15) is 5.10 Å². The lowest BCUT2D eigenvalue weighted by molar-refractivity contribution is -0.113. The van der Waals surface area contributed by atoms with Crippen LogP contribution in [0.3, 0.4) is 0 Å². The van der Waals surface area contributed by atoms with E-state index in [0.29, 0.717) is 17.5 Å². The molecule has 0 radical (unpaired) electrons. The molecule has 0 saturated carbocycles. The smallest absolute Gasteiger partial charge is 0.235 e. The minimum Gasteiger partial charge on any atom is -0.308 e. The maximum absolute atomic E-state index is 11.8. The third-order valence-corrected chi connectivity index (χ3v) is 4.43. The van der Waals surface area contributed by atoms with Gasteiger partial charge in [0.1, 0.15) is 0 Å². The molecule has 0 aliphatic carbocycles. The highest BCUT2D eigenvalue weighted by molar-refractivity contribution is 7.99. The minimum atomic E-state index is -0.0382. The van der Waals surface area contributed by atoms with Gasteiger partial charge in [0.15, 0.2) is 5.82 Å². The molecule has 5 nitrogen and oxygen atoms in total. The topological polar surface area (TPSA) is 70.7 Å². The van der Waals surface area contributed by atoms with E-state index in [4.69, 9.17) is 0 Å². The van der Waals surface area contributed by atoms with Crippen molar-refractivity contribution in [1.29, 1.82) is 0 Å². The Hall–Kier alpha value is -1.34. The van der Waals surface area contributed by atoms with Crippen molar-refractivity contribution < 1.29 is 4.79 Å². The average Bonchev–Trinajstić information content (AvgIpc) is 2.99. The quantitative estimate of drug-likeness (QED) is 0.859. The minimum absolute atomic E-state index is 0.0382. The van der Waals surface area contributed by atoms with Gasteiger partial charge in [-0.25, -0.2) is 4.98 Å². The first-order valence-electron chi connectivity index (χ1n) is 6.38. The number of aryl methyl sites for hydroxylation is 1. The van der Waals surface area contributed by atoms with Gasteiger partial charge in [0.25, 0.3) is 0 Å². The Kier molecular flexibility index (Phi) is 5.19. The zero-order valence-electron chi connectivity index (χ0n) is 11.8. The fourth-order valence-electron chi connectivity index (χ4n) is 1.60. The number of hydrogen-bond acceptors (Lipinski definition) is 5. The van der Waals surface area contributed by atoms with Gasteiger partial charge >= 0.3 is 0 Å². The molecule has 20 heavy (non-hydrogen) atoms. The maximum Gasteiger partial charge on any atom is 0.235 e. The molecule has 0 bridgehead atoms. The second kappa shape index (κ2) is 6.90. The van der Waals surface area contributed by atoms with Gasteiger partial charge in [0, 0.05) is 22.9 Å². The zero-order valence-corrected chi connectivity index (χ0v) is 13.4. The van der Waals surface area contributed by atoms with Crippen LogP contribution in [0, 0.1) is 6.92 Å². The molecule has 0 spiro atoms. The van der Waals surface area contributed by atoms with E-state index >= 15 is 0 Å². The zero-order chi connectivity index (χ0) is 14.5. The third-order valence-electron chi connectivity index (χ3n) is 2.64. The van der Waals surface area contributed by atoms with E-state index in [-0.39, 0.29) is 5.91 Å². The van der Waals surface area contributed by atoms with Crippen LogP contribution in [0.2, 0.25) is 0 Å². The Labute approximate surface area is 126 Å². The molecule has 0 saturated heterocycles. The van der Waals surface area contributed by atoms with Crippen LogP contribution in [0.15, 0.2) is 11.4 Å². The molecule has 0 aliphatic rings. The van der Waals surface area contributed by atoms with Crippen LogP contribution in [0.1, 0.15) is 36.2 Å². The molecule has 108 valence electrons. The van der Waals surface area contributed by atoms with E-state index in [0.717, 1.165) is 22.1 Å². The first kappa shape index (κ1) is 15.1. The second-order valence-corrected chi connectivity index (χ2v) is 6.81. The van der Waals surface area contributed by atoms with Crippen LogP contribution in [0.25, 0.3) is 0 Å². The van der Waals surface area contributed by atoms with Crippen molar-refractivity contribution in [2.24, 2.45) is 0 Å². The largest absolute Gasteiger partial charge is 0.308 e. The van der Waals surface area contributed by atoms with Crippen molar-refractivity contribution in [3.8, 4) is 0 Å². The SMILES string of the molecule is Cc1nc(CSCC(=O)Nc2cc(C(C)C)[nH]n2)cs1. The molecule has 2 heterocycles. The molecule has 2 aromatic rings. The van der Waals surface area contributed by atoms with E-state index in [1.807, 2.05) is 18.4 Å². The van der Waals surface area contributed by atoms with E-state index in [1.54, 1.807) is 23.1 Å². The van der Waals surface area contributed by atoms with Gasteiger partial charge in [0.2, 0.25) is 5.91 Å². The molecule has 2 rings (SSSR count). The van der Waals surface area contributed by atoms with Crippen molar-refractivity contribution >= 4 is 34.8 Å². The van der Waals surface area contributed by atoms with E-state index in [1.165, 1.54) is 0 Å². The van der Waals surface area contributed by atoms with Crippen LogP contribution < -0.4 is 5.32 Å². The number of nitrogens with zero attached hydrogens (tertiary/aromatic N) is 2. The van der Waals surface area contributed by atoms with Crippen LogP contribution >= 0.6 is 23.1 Å². The highest BCUT2D eigenvalue weighted by Gasteiger charge is 2.08. The van der Waals surface area contributed by atoms with Gasteiger partial charge < -0.3 is 5.32 Å². The van der Waals surface area contributed by atoms with Crippen LogP contribution in [0.5, 0.6) is 0 Å². The number of aromatic nitrogens is 3. The lowest BCUT2D eigenvalue weighted by Gasteiger charge is -2.01. The molecular weight excluding hydrogens is 292 g/mol. The number of H-pyrrole nitrogens is 1. The number of thiazole rings is 1. The van der Waals surface area contributed by atoms with Crippen LogP contribution in [-0.2, 0) is 10.5 Å². The molecule has 0 aliphatic heterocycles. The van der Waals surface area contributed by atoms with Gasteiger partial charge in [-0.05, 0) is 12.8 Å². The van der Waals surface area contributed by atoms with Crippen LogP contribution in [0.4, 0.5) is 5.82 Å². The number of rotatable bonds is 6. The van der Waals surface area contributed by atoms with Gasteiger partial charge in [-0.15, -0.1) is 23.1 Å². The van der Waals surface area contributed by atoms with Gasteiger partial charge in [-0.1, -0.05) is 13.8 Å². The van der Waals surface area contributed by atoms with Crippen molar-refractivity contribution in [3.63, 3.8) is 0 Å². The molecule has 0 unspecified atom stereocenters. The second-order valence-electron chi connectivity index (χ2n) is 4.76. The summed E-state index contributed by atoms with van der Waals surface area (Å²) in [4.78, 5) is 16.1. The van der Waals surface area contributed by atoms with Crippen molar-refractivity contribution in [2.45, 2.75) is 32.4 Å². The number of anilines is 1. The average molecular weight is 310 g/mol. The standard InChI is InChI=1S/C13H18N4OS2/c1-8(2)11-4-12(17-16-11)15-13(18)7-19-5-10-6-20-9(3)14-10/h4,6,8H,5,7H2,1-3H3,(H2,15,16,17,18). The fraction of sp³-hybridized carbons (Fsp3) is 0.462. The maximum atomic E-state index is 11.8. The first-order chi connectivity index (χ1) is 9.54. The Bertz CT molecular complexity index is 576. The molecule has 0 aromatic carbocycles. The fourth-order valence-corrected chi connectivity index (χ4v) is 3.03. The Morgan fingerprint density at radius 1 is 1.55 bits per heavy atom. The number of nitrogens with one attached hydrogen (secondary N) is 2. The number of amides is 1. The third kappa shape index (κ3) is 4.35. The van der Waals surface area contributed by atoms with Crippen molar-refractivity contribution in [1.82, 2.24) is 15.2 Å². The number of carbonyl (C=O) groups excluding carboxylic acids is 1. The normalized spacial score (nSPS) is 11.0. The summed E-state index contributed by atoms with van der Waals surface area (Å²) in [6.45, 7) is 6.13. The van der Waals surface area contributed by atoms with E-state index < -0.39 is 0 Å². The number of carbonyl (C=O) groups is 1. The number of hydrogen-bond donors (Lipinski definition) is 2. The summed E-state index contributed by atoms with van der Waals surface area (Å²) >= 11 is 3.19. The summed E-state index contributed by atoms with van der Waals surface area (Å²) in [5.74, 6) is 2.08. The molecule has 2 N–H and O–H groups in total. The summed E-state index contributed by atoms with van der Waals surface area (Å²) in [6, 6.07) is 1.87. The molecule has 7 heteroatoms.